The molecule has 2 rings (SSSR count). The van der Waals surface area contributed by atoms with Crippen LogP contribution >= 0.6 is 24.0 Å². The molecule has 0 bridgehead atoms. The molecule has 2 heterocycles. The van der Waals surface area contributed by atoms with Gasteiger partial charge in [0.05, 0.1) is 0 Å². The number of nitrogens with zero attached hydrogens (tertiary/aromatic N) is 3. The van der Waals surface area contributed by atoms with Gasteiger partial charge in [0.25, 0.3) is 0 Å². The van der Waals surface area contributed by atoms with Crippen LogP contribution in [0.4, 0.5) is 0 Å². The summed E-state index contributed by atoms with van der Waals surface area (Å²) in [6.45, 7) is 12.0. The Labute approximate surface area is 170 Å². The van der Waals surface area contributed by atoms with E-state index in [-0.39, 0.29) is 24.0 Å². The van der Waals surface area contributed by atoms with E-state index >= 15 is 0 Å². The average molecular weight is 461 g/mol. The van der Waals surface area contributed by atoms with Gasteiger partial charge in [-0.15, -0.1) is 24.0 Å². The van der Waals surface area contributed by atoms with E-state index in [1.54, 1.807) is 0 Å². The summed E-state index contributed by atoms with van der Waals surface area (Å²) in [6, 6.07) is 4.12. The smallest absolute Gasteiger partial charge is 0.191 e. The lowest BCUT2D eigenvalue weighted by atomic mass is 9.99. The van der Waals surface area contributed by atoms with Crippen molar-refractivity contribution in [3.8, 4) is 0 Å². The summed E-state index contributed by atoms with van der Waals surface area (Å²) in [7, 11) is 0. The summed E-state index contributed by atoms with van der Waals surface area (Å²) >= 11 is 0. The van der Waals surface area contributed by atoms with Gasteiger partial charge < -0.3 is 20.1 Å². The Hall–Kier alpha value is -0.760. The normalized spacial score (nSPS) is 16.5. The number of likely N-dealkylation sites (tertiary alicyclic amines) is 1. The van der Waals surface area contributed by atoms with E-state index < -0.39 is 0 Å². The van der Waals surface area contributed by atoms with E-state index in [9.17, 15) is 0 Å². The van der Waals surface area contributed by atoms with E-state index in [4.69, 9.17) is 4.99 Å². The molecule has 1 aliphatic rings. The number of guanidine groups is 1. The third-order valence-electron chi connectivity index (χ3n) is 4.70. The first-order valence-corrected chi connectivity index (χ1v) is 9.63. The number of piperidine rings is 1. The summed E-state index contributed by atoms with van der Waals surface area (Å²) in [5, 5.41) is 6.74. The highest BCUT2D eigenvalue weighted by Gasteiger charge is 2.14. The molecule has 144 valence electrons. The molecule has 1 aromatic rings. The first-order valence-electron chi connectivity index (χ1n) is 9.63. The molecule has 1 saturated heterocycles. The Morgan fingerprint density at radius 3 is 2.48 bits per heavy atom. The van der Waals surface area contributed by atoms with Crippen LogP contribution in [-0.4, -0.2) is 54.7 Å². The Kier molecular flexibility index (Phi) is 12.0. The zero-order chi connectivity index (χ0) is 17.0. The Morgan fingerprint density at radius 2 is 1.80 bits per heavy atom. The molecular formula is C19H36IN5. The van der Waals surface area contributed by atoms with E-state index in [1.807, 2.05) is 0 Å². The lowest BCUT2D eigenvalue weighted by molar-refractivity contribution is 0.190. The monoisotopic (exact) mass is 461 g/mol. The predicted molar refractivity (Wildman–Crippen MR) is 118 cm³/mol. The maximum Gasteiger partial charge on any atom is 0.191 e. The number of halogens is 1. The molecular weight excluding hydrogens is 425 g/mol. The molecule has 1 fully saturated rings. The standard InChI is InChI=1S/C19H35N5.HI/c1-3-20-19(22-11-17-23-13-6-7-14-23)21-10-4-5-12-24-15-8-18(2)9-16-24;/h6-7,13-14,18H,3-5,8-12,15-17H2,1-2H3,(H2,20,21,22);1H. The SMILES string of the molecule is CCNC(=NCCCCN1CCC(C)CC1)NCCn1cccc1.I. The first-order chi connectivity index (χ1) is 11.8. The zero-order valence-electron chi connectivity index (χ0n) is 15.9. The molecule has 1 aromatic heterocycles. The largest absolute Gasteiger partial charge is 0.357 e. The molecule has 5 nitrogen and oxygen atoms in total. The molecule has 0 amide bonds. The molecule has 0 atom stereocenters. The Bertz CT molecular complexity index is 452. The van der Waals surface area contributed by atoms with Crippen molar-refractivity contribution in [3.05, 3.63) is 24.5 Å². The van der Waals surface area contributed by atoms with Crippen LogP contribution in [0.1, 0.15) is 39.5 Å². The van der Waals surface area contributed by atoms with E-state index in [2.05, 4.69) is 58.5 Å². The first kappa shape index (κ1) is 22.3. The van der Waals surface area contributed by atoms with Gasteiger partial charge in [0.15, 0.2) is 5.96 Å². The molecule has 0 unspecified atom stereocenters. The molecule has 0 aliphatic carbocycles. The number of aromatic nitrogens is 1. The maximum atomic E-state index is 4.69. The van der Waals surface area contributed by atoms with Crippen LogP contribution in [0, 0.1) is 5.92 Å². The van der Waals surface area contributed by atoms with Crippen molar-refractivity contribution < 1.29 is 0 Å². The van der Waals surface area contributed by atoms with Crippen molar-refractivity contribution in [2.75, 3.05) is 39.3 Å². The average Bonchev–Trinajstić information content (AvgIpc) is 3.09. The van der Waals surface area contributed by atoms with Crippen molar-refractivity contribution in [1.82, 2.24) is 20.1 Å². The van der Waals surface area contributed by atoms with Gasteiger partial charge in [-0.2, -0.15) is 0 Å². The quantitative estimate of drug-likeness (QED) is 0.257. The van der Waals surface area contributed by atoms with Crippen LogP contribution < -0.4 is 10.6 Å². The third kappa shape index (κ3) is 9.49. The van der Waals surface area contributed by atoms with E-state index in [0.29, 0.717) is 0 Å². The van der Waals surface area contributed by atoms with Crippen molar-refractivity contribution in [1.29, 1.82) is 0 Å². The highest BCUT2D eigenvalue weighted by Crippen LogP contribution is 2.16. The van der Waals surface area contributed by atoms with Crippen LogP contribution in [0.25, 0.3) is 0 Å². The number of unbranched alkanes of at least 4 members (excludes halogenated alkanes) is 1. The second-order valence-electron chi connectivity index (χ2n) is 6.84. The fraction of sp³-hybridized carbons (Fsp3) is 0.737. The highest BCUT2D eigenvalue weighted by molar-refractivity contribution is 14.0. The van der Waals surface area contributed by atoms with Crippen LogP contribution in [0.15, 0.2) is 29.5 Å². The molecule has 0 saturated carbocycles. The minimum atomic E-state index is 0. The predicted octanol–water partition coefficient (Wildman–Crippen LogP) is 3.17. The van der Waals surface area contributed by atoms with Gasteiger partial charge in [-0.25, -0.2) is 0 Å². The summed E-state index contributed by atoms with van der Waals surface area (Å²) in [4.78, 5) is 7.31. The Balaban J connectivity index is 0.00000312. The van der Waals surface area contributed by atoms with Gasteiger partial charge in [-0.1, -0.05) is 6.92 Å². The van der Waals surface area contributed by atoms with Crippen LogP contribution in [0.2, 0.25) is 0 Å². The maximum absolute atomic E-state index is 4.69. The number of aliphatic imine (C=N–C) groups is 1. The second-order valence-corrected chi connectivity index (χ2v) is 6.84. The fourth-order valence-electron chi connectivity index (χ4n) is 3.09. The topological polar surface area (TPSA) is 44.6 Å². The summed E-state index contributed by atoms with van der Waals surface area (Å²) in [5.74, 6) is 1.86. The number of hydrogen-bond donors (Lipinski definition) is 2. The van der Waals surface area contributed by atoms with Crippen molar-refractivity contribution in [2.45, 2.75) is 46.1 Å². The zero-order valence-corrected chi connectivity index (χ0v) is 18.2. The van der Waals surface area contributed by atoms with Crippen LogP contribution in [0.5, 0.6) is 0 Å². The van der Waals surface area contributed by atoms with Gasteiger partial charge >= 0.3 is 0 Å². The lowest BCUT2D eigenvalue weighted by Gasteiger charge is -2.30. The molecule has 25 heavy (non-hydrogen) atoms. The van der Waals surface area contributed by atoms with Crippen molar-refractivity contribution in [3.63, 3.8) is 0 Å². The number of hydrogen-bond acceptors (Lipinski definition) is 2. The fourth-order valence-corrected chi connectivity index (χ4v) is 3.09. The molecule has 1 aliphatic heterocycles. The van der Waals surface area contributed by atoms with Gasteiger partial charge in [0.2, 0.25) is 0 Å². The van der Waals surface area contributed by atoms with Crippen molar-refractivity contribution >= 4 is 29.9 Å². The summed E-state index contributed by atoms with van der Waals surface area (Å²) in [5.41, 5.74) is 0. The van der Waals surface area contributed by atoms with Gasteiger partial charge in [-0.3, -0.25) is 4.99 Å². The van der Waals surface area contributed by atoms with E-state index in [0.717, 1.165) is 38.1 Å². The summed E-state index contributed by atoms with van der Waals surface area (Å²) < 4.78 is 2.18. The Morgan fingerprint density at radius 1 is 1.08 bits per heavy atom. The lowest BCUT2D eigenvalue weighted by Crippen LogP contribution is -2.39. The number of rotatable bonds is 9. The molecule has 2 N–H and O–H groups in total. The van der Waals surface area contributed by atoms with Gasteiger partial charge in [-0.05, 0) is 70.3 Å². The third-order valence-corrected chi connectivity index (χ3v) is 4.70. The van der Waals surface area contributed by atoms with Crippen LogP contribution in [0.3, 0.4) is 0 Å². The minimum Gasteiger partial charge on any atom is -0.357 e. The van der Waals surface area contributed by atoms with E-state index in [1.165, 1.54) is 45.3 Å². The molecule has 0 spiro atoms. The molecule has 0 radical (unpaired) electrons. The minimum absolute atomic E-state index is 0. The molecule has 0 aromatic carbocycles. The molecule has 6 heteroatoms. The highest BCUT2D eigenvalue weighted by atomic mass is 127. The second kappa shape index (κ2) is 13.4. The number of nitrogens with one attached hydrogen (secondary N) is 2. The van der Waals surface area contributed by atoms with Crippen LogP contribution in [-0.2, 0) is 6.54 Å². The summed E-state index contributed by atoms with van der Waals surface area (Å²) in [6.07, 6.45) is 9.34. The van der Waals surface area contributed by atoms with Gasteiger partial charge in [0, 0.05) is 38.6 Å². The van der Waals surface area contributed by atoms with Gasteiger partial charge in [0.1, 0.15) is 0 Å². The van der Waals surface area contributed by atoms with Crippen molar-refractivity contribution in [2.24, 2.45) is 10.9 Å².